The Hall–Kier alpha value is -0.338. The van der Waals surface area contributed by atoms with Crippen LogP contribution in [0.15, 0.2) is 48.6 Å². The normalized spacial score (nSPS) is 15.6. The third-order valence-electron chi connectivity index (χ3n) is 3.72. The van der Waals surface area contributed by atoms with Gasteiger partial charge in [-0.05, 0) is 10.3 Å². The molecule has 0 aromatic heterocycles. The van der Waals surface area contributed by atoms with Crippen LogP contribution in [0.4, 0.5) is 0 Å². The molecular formula is C20H28PPd-. The molecule has 0 saturated heterocycles. The van der Waals surface area contributed by atoms with Crippen LogP contribution in [-0.2, 0) is 20.4 Å². The number of rotatable bonds is 2. The molecule has 1 aromatic carbocycles. The van der Waals surface area contributed by atoms with Gasteiger partial charge in [-0.3, -0.25) is 0 Å². The summed E-state index contributed by atoms with van der Waals surface area (Å²) in [6.45, 7) is 14.4. The fourth-order valence-corrected chi connectivity index (χ4v) is 7.82. The van der Waals surface area contributed by atoms with Gasteiger partial charge in [0.15, 0.2) is 0 Å². The van der Waals surface area contributed by atoms with Gasteiger partial charge in [0.2, 0.25) is 0 Å². The molecule has 0 aliphatic heterocycles. The SMILES string of the molecule is CC(C)(C)P([C-]1CC=CC=C1c1ccccc1)C(C)(C)C.[Pd]. The molecule has 22 heavy (non-hydrogen) atoms. The van der Waals surface area contributed by atoms with Crippen LogP contribution in [0.25, 0.3) is 5.57 Å². The van der Waals surface area contributed by atoms with Crippen molar-refractivity contribution >= 4 is 13.5 Å². The van der Waals surface area contributed by atoms with Crippen molar-refractivity contribution in [1.82, 2.24) is 0 Å². The first kappa shape index (κ1) is 19.7. The fourth-order valence-electron chi connectivity index (χ4n) is 3.46. The van der Waals surface area contributed by atoms with Gasteiger partial charge >= 0.3 is 0 Å². The van der Waals surface area contributed by atoms with Crippen molar-refractivity contribution in [2.24, 2.45) is 0 Å². The number of allylic oxidation sites excluding steroid dienone is 4. The molecule has 1 aliphatic rings. The summed E-state index contributed by atoms with van der Waals surface area (Å²) >= 11 is 0. The minimum atomic E-state index is -0.227. The Balaban J connectivity index is 0.00000242. The molecule has 0 nitrogen and oxygen atoms in total. The molecule has 2 heteroatoms. The van der Waals surface area contributed by atoms with Crippen LogP contribution in [0.2, 0.25) is 0 Å². The Morgan fingerprint density at radius 2 is 1.45 bits per heavy atom. The van der Waals surface area contributed by atoms with Gasteiger partial charge in [-0.2, -0.15) is 11.6 Å². The van der Waals surface area contributed by atoms with Crippen molar-refractivity contribution in [3.8, 4) is 0 Å². The maximum absolute atomic E-state index is 2.40. The molecular weight excluding hydrogens is 378 g/mol. The Morgan fingerprint density at radius 3 is 1.95 bits per heavy atom. The summed E-state index contributed by atoms with van der Waals surface area (Å²) in [5.41, 5.74) is 4.46. The monoisotopic (exact) mass is 405 g/mol. The van der Waals surface area contributed by atoms with Crippen LogP contribution in [0.5, 0.6) is 0 Å². The summed E-state index contributed by atoms with van der Waals surface area (Å²) in [5, 5.41) is 0.643. The summed E-state index contributed by atoms with van der Waals surface area (Å²) in [6.07, 6.45) is 7.93. The van der Waals surface area contributed by atoms with Crippen molar-refractivity contribution in [1.29, 1.82) is 0 Å². The standard InChI is InChI=1S/C20H28P.Pd/c1-19(2,3)21(20(4,5)6)18-15-11-10-14-17(18)16-12-8-7-9-13-16;/h7-14H,15H2,1-6H3;/q-1;. The van der Waals surface area contributed by atoms with Crippen molar-refractivity contribution in [2.75, 3.05) is 0 Å². The van der Waals surface area contributed by atoms with Crippen molar-refractivity contribution in [3.05, 3.63) is 59.8 Å². The van der Waals surface area contributed by atoms with Crippen LogP contribution >= 0.6 is 7.92 Å². The third kappa shape index (κ3) is 4.58. The van der Waals surface area contributed by atoms with Gasteiger partial charge in [-0.1, -0.05) is 66.2 Å². The molecule has 2 rings (SSSR count). The molecule has 1 aliphatic carbocycles. The van der Waals surface area contributed by atoms with Gasteiger partial charge in [0.05, 0.1) is 0 Å². The Morgan fingerprint density at radius 1 is 0.909 bits per heavy atom. The maximum atomic E-state index is 2.40. The summed E-state index contributed by atoms with van der Waals surface area (Å²) in [6, 6.07) is 10.9. The summed E-state index contributed by atoms with van der Waals surface area (Å²) < 4.78 is 0. The zero-order chi connectivity index (χ0) is 15.7. The Bertz CT molecular complexity index is 515. The molecule has 0 radical (unpaired) electrons. The second-order valence-electron chi connectivity index (χ2n) is 7.70. The van der Waals surface area contributed by atoms with Gasteiger partial charge in [-0.25, -0.2) is 0 Å². The van der Waals surface area contributed by atoms with Crippen LogP contribution in [0, 0.1) is 5.66 Å². The Labute approximate surface area is 151 Å². The molecule has 0 N–H and O–H groups in total. The zero-order valence-corrected chi connectivity index (χ0v) is 17.0. The molecule has 0 unspecified atom stereocenters. The third-order valence-corrected chi connectivity index (χ3v) is 7.36. The van der Waals surface area contributed by atoms with Crippen molar-refractivity contribution in [3.63, 3.8) is 0 Å². The molecule has 0 saturated carbocycles. The molecule has 124 valence electrons. The summed E-state index contributed by atoms with van der Waals surface area (Å²) in [4.78, 5) is 0. The van der Waals surface area contributed by atoms with E-state index in [-0.39, 0.29) is 28.3 Å². The van der Waals surface area contributed by atoms with E-state index >= 15 is 0 Å². The molecule has 1 aromatic rings. The quantitative estimate of drug-likeness (QED) is 0.294. The molecule has 0 heterocycles. The van der Waals surface area contributed by atoms with E-state index in [9.17, 15) is 0 Å². The van der Waals surface area contributed by atoms with Gasteiger partial charge in [0.25, 0.3) is 0 Å². The maximum Gasteiger partial charge on any atom is 0 e. The minimum absolute atomic E-state index is 0. The average Bonchev–Trinajstić information content (AvgIpc) is 2.37. The fraction of sp³-hybridized carbons (Fsp3) is 0.450. The predicted molar refractivity (Wildman–Crippen MR) is 97.8 cm³/mol. The molecule has 0 fully saturated rings. The largest absolute Gasteiger partial charge is 0.177 e. The van der Waals surface area contributed by atoms with E-state index in [1.165, 1.54) is 11.1 Å². The number of hydrogen-bond donors (Lipinski definition) is 0. The summed E-state index contributed by atoms with van der Waals surface area (Å²) in [5.74, 6) is 0. The average molecular weight is 406 g/mol. The first-order valence-electron chi connectivity index (χ1n) is 7.80. The van der Waals surface area contributed by atoms with E-state index in [0.29, 0.717) is 10.3 Å². The van der Waals surface area contributed by atoms with Gasteiger partial charge in [0.1, 0.15) is 0 Å². The summed E-state index contributed by atoms with van der Waals surface area (Å²) in [7, 11) is -0.227. The number of benzene rings is 1. The molecule has 0 amide bonds. The molecule has 0 bridgehead atoms. The predicted octanol–water partition coefficient (Wildman–Crippen LogP) is 6.64. The second-order valence-corrected chi connectivity index (χ2v) is 11.6. The van der Waals surface area contributed by atoms with E-state index < -0.39 is 0 Å². The first-order chi connectivity index (χ1) is 9.71. The van der Waals surface area contributed by atoms with Crippen molar-refractivity contribution < 1.29 is 20.4 Å². The van der Waals surface area contributed by atoms with E-state index in [2.05, 4.69) is 90.1 Å². The zero-order valence-electron chi connectivity index (χ0n) is 14.6. The van der Waals surface area contributed by atoms with Gasteiger partial charge in [0, 0.05) is 20.4 Å². The molecule has 0 spiro atoms. The van der Waals surface area contributed by atoms with E-state index in [0.717, 1.165) is 6.42 Å². The van der Waals surface area contributed by atoms with E-state index in [1.54, 1.807) is 5.66 Å². The van der Waals surface area contributed by atoms with Crippen molar-refractivity contribution in [2.45, 2.75) is 58.3 Å². The Kier molecular flexibility index (Phi) is 6.71. The van der Waals surface area contributed by atoms with Crippen LogP contribution in [0.3, 0.4) is 0 Å². The smallest absolute Gasteiger partial charge is 0 e. The molecule has 0 atom stereocenters. The topological polar surface area (TPSA) is 0 Å². The van der Waals surface area contributed by atoms with Crippen LogP contribution in [-0.4, -0.2) is 10.3 Å². The van der Waals surface area contributed by atoms with Crippen LogP contribution < -0.4 is 0 Å². The van der Waals surface area contributed by atoms with Gasteiger partial charge in [-0.15, -0.1) is 43.4 Å². The van der Waals surface area contributed by atoms with E-state index in [1.807, 2.05) is 0 Å². The van der Waals surface area contributed by atoms with Gasteiger partial charge < -0.3 is 0 Å². The first-order valence-corrected chi connectivity index (χ1v) is 9.14. The van der Waals surface area contributed by atoms with E-state index in [4.69, 9.17) is 0 Å². The van der Waals surface area contributed by atoms with Crippen LogP contribution in [0.1, 0.15) is 53.5 Å². The second kappa shape index (κ2) is 7.49. The number of hydrogen-bond acceptors (Lipinski definition) is 0. The minimum Gasteiger partial charge on any atom is -0.177 e.